The van der Waals surface area contributed by atoms with Crippen molar-refractivity contribution in [2.45, 2.75) is 37.0 Å². The summed E-state index contributed by atoms with van der Waals surface area (Å²) >= 11 is 3.00. The van der Waals surface area contributed by atoms with Gasteiger partial charge in [0.2, 0.25) is 0 Å². The van der Waals surface area contributed by atoms with Crippen molar-refractivity contribution in [3.05, 3.63) is 85.9 Å². The number of halogens is 1. The number of Topliss-reactive ketones (excluding diaryl/α,β-unsaturated/α-hetero) is 1. The number of benzene rings is 3. The van der Waals surface area contributed by atoms with Crippen LogP contribution in [0.4, 0.5) is 17.1 Å². The number of allylic oxidation sites excluding steroid dienone is 1. The highest BCUT2D eigenvalue weighted by molar-refractivity contribution is 9.12. The minimum absolute atomic E-state index is 0.00132. The number of nitrogens with two attached hydrogens (primary N) is 1. The number of ketones is 3. The Morgan fingerprint density at radius 2 is 1.46 bits per heavy atom. The van der Waals surface area contributed by atoms with Gasteiger partial charge in [-0.05, 0) is 65.0 Å². The van der Waals surface area contributed by atoms with Crippen LogP contribution in [0.1, 0.15) is 54.1 Å². The van der Waals surface area contributed by atoms with Gasteiger partial charge in [0.25, 0.3) is 20.2 Å². The van der Waals surface area contributed by atoms with E-state index in [0.717, 1.165) is 6.07 Å². The van der Waals surface area contributed by atoms with Crippen LogP contribution in [-0.2, 0) is 31.5 Å². The molecule has 0 aliphatic heterocycles. The molecule has 3 aromatic rings. The lowest BCUT2D eigenvalue weighted by Gasteiger charge is -2.26. The highest BCUT2D eigenvalue weighted by atomic mass is 79.9. The highest BCUT2D eigenvalue weighted by Gasteiger charge is 2.37. The molecule has 41 heavy (non-hydrogen) atoms. The number of carbonyl (C=O) groups is 3. The van der Waals surface area contributed by atoms with E-state index in [9.17, 15) is 40.3 Å². The maximum Gasteiger partial charge on any atom is 0.296 e. The summed E-state index contributed by atoms with van der Waals surface area (Å²) in [6, 6.07) is 6.69. The molecule has 0 aromatic heterocycles. The van der Waals surface area contributed by atoms with Crippen LogP contribution in [0.25, 0.3) is 0 Å². The van der Waals surface area contributed by atoms with Crippen molar-refractivity contribution >= 4 is 70.6 Å². The maximum absolute atomic E-state index is 13.7. The van der Waals surface area contributed by atoms with Crippen LogP contribution in [-0.4, -0.2) is 43.3 Å². The van der Waals surface area contributed by atoms with Crippen LogP contribution in [0, 0.1) is 20.8 Å². The Kier molecular flexibility index (Phi) is 7.60. The summed E-state index contributed by atoms with van der Waals surface area (Å²) in [5, 5.41) is 2.85. The Bertz CT molecular complexity index is 1960. The molecule has 0 spiro atoms. The van der Waals surface area contributed by atoms with Gasteiger partial charge < -0.3 is 11.1 Å². The second-order valence-corrected chi connectivity index (χ2v) is 13.1. The van der Waals surface area contributed by atoms with Crippen molar-refractivity contribution in [2.75, 3.05) is 11.1 Å². The van der Waals surface area contributed by atoms with Gasteiger partial charge in [-0.25, -0.2) is 0 Å². The second kappa shape index (κ2) is 10.3. The fraction of sp³-hybridized carbons (Fsp3) is 0.148. The first-order valence-electron chi connectivity index (χ1n) is 11.7. The van der Waals surface area contributed by atoms with Crippen LogP contribution >= 0.6 is 15.9 Å². The second-order valence-electron chi connectivity index (χ2n) is 9.43. The van der Waals surface area contributed by atoms with Gasteiger partial charge in [0.15, 0.2) is 17.3 Å². The molecule has 0 heterocycles. The van der Waals surface area contributed by atoms with E-state index in [2.05, 4.69) is 27.8 Å². The Balaban J connectivity index is 2.10. The topological polar surface area (TPSA) is 198 Å². The Hall–Kier alpha value is -3.69. The highest BCUT2D eigenvalue weighted by Crippen LogP contribution is 2.42. The lowest BCUT2D eigenvalue weighted by molar-refractivity contribution is -0.114. The van der Waals surface area contributed by atoms with Gasteiger partial charge in [0.1, 0.15) is 9.79 Å². The average Bonchev–Trinajstić information content (AvgIpc) is 2.86. The SMILES string of the molecule is C=C(Br)C(=O)Cc1c(C)c(Nc2cc(S(=O)(=O)O)c(N)c3c2C(=O)c2ccccc2C3=O)c(C)c(S(=O)(=O)O)c1C. The molecule has 1 aliphatic rings. The molecule has 1 aliphatic carbocycles. The van der Waals surface area contributed by atoms with Gasteiger partial charge in [0, 0.05) is 23.2 Å². The molecular formula is C27H23BrN2O9S2. The first kappa shape index (κ1) is 30.3. The van der Waals surface area contributed by atoms with Crippen molar-refractivity contribution in [2.24, 2.45) is 0 Å². The van der Waals surface area contributed by atoms with Crippen molar-refractivity contribution < 1.29 is 40.3 Å². The molecule has 0 fully saturated rings. The molecule has 0 unspecified atom stereocenters. The van der Waals surface area contributed by atoms with Crippen LogP contribution in [0.2, 0.25) is 0 Å². The van der Waals surface area contributed by atoms with Gasteiger partial charge >= 0.3 is 0 Å². The molecule has 4 rings (SSSR count). The van der Waals surface area contributed by atoms with Crippen LogP contribution in [0.3, 0.4) is 0 Å². The van der Waals surface area contributed by atoms with E-state index in [-0.39, 0.29) is 55.7 Å². The zero-order valence-corrected chi connectivity index (χ0v) is 25.0. The van der Waals surface area contributed by atoms with Gasteiger partial charge in [-0.3, -0.25) is 23.5 Å². The molecule has 5 N–H and O–H groups in total. The van der Waals surface area contributed by atoms with E-state index in [1.807, 2.05) is 0 Å². The first-order chi connectivity index (χ1) is 18.9. The standard InChI is InChI=1S/C27H23BrN2O9S2/c1-11-17(9-19(31)14(4)28)12(2)27(41(37,38)39)13(3)24(11)30-18-10-20(40(34,35)36)23(29)22-21(18)25(32)15-7-5-6-8-16(15)26(22)33/h5-8,10,30H,4,9,29H2,1-3H3,(H,34,35,36)(H,37,38,39). The van der Waals surface area contributed by atoms with Crippen molar-refractivity contribution in [1.82, 2.24) is 0 Å². The predicted octanol–water partition coefficient (Wildman–Crippen LogP) is 4.23. The summed E-state index contributed by atoms with van der Waals surface area (Å²) in [7, 11) is -9.87. The van der Waals surface area contributed by atoms with Crippen molar-refractivity contribution in [3.63, 3.8) is 0 Å². The third-order valence-electron chi connectivity index (χ3n) is 6.97. The van der Waals surface area contributed by atoms with E-state index < -0.39 is 58.6 Å². The smallest absolute Gasteiger partial charge is 0.296 e. The number of nitrogen functional groups attached to an aromatic ring is 1. The number of nitrogens with one attached hydrogen (secondary N) is 1. The molecule has 0 saturated heterocycles. The Morgan fingerprint density at radius 3 is 1.95 bits per heavy atom. The zero-order chi connectivity index (χ0) is 30.8. The number of anilines is 3. The number of hydrogen-bond donors (Lipinski definition) is 4. The summed E-state index contributed by atoms with van der Waals surface area (Å²) in [4.78, 5) is 38.3. The summed E-state index contributed by atoms with van der Waals surface area (Å²) < 4.78 is 69.4. The molecule has 0 amide bonds. The average molecular weight is 664 g/mol. The van der Waals surface area contributed by atoms with Gasteiger partial charge in [-0.15, -0.1) is 0 Å². The fourth-order valence-corrected chi connectivity index (χ4v) is 6.87. The minimum Gasteiger partial charge on any atom is -0.397 e. The molecular weight excluding hydrogens is 640 g/mol. The zero-order valence-electron chi connectivity index (χ0n) is 21.8. The van der Waals surface area contributed by atoms with Crippen LogP contribution in [0.5, 0.6) is 0 Å². The summed E-state index contributed by atoms with van der Waals surface area (Å²) in [5.74, 6) is -1.93. The number of rotatable bonds is 7. The van der Waals surface area contributed by atoms with E-state index in [4.69, 9.17) is 5.73 Å². The third kappa shape index (κ3) is 5.13. The van der Waals surface area contributed by atoms with Gasteiger partial charge in [-0.2, -0.15) is 16.8 Å². The first-order valence-corrected chi connectivity index (χ1v) is 15.4. The molecule has 0 saturated carbocycles. The van der Waals surface area contributed by atoms with E-state index in [0.29, 0.717) is 5.56 Å². The van der Waals surface area contributed by atoms with Gasteiger partial charge in [-0.1, -0.05) is 30.8 Å². The summed E-state index contributed by atoms with van der Waals surface area (Å²) in [5.41, 5.74) is 4.93. The fourth-order valence-electron chi connectivity index (χ4n) is 5.08. The van der Waals surface area contributed by atoms with Crippen molar-refractivity contribution in [1.29, 1.82) is 0 Å². The lowest BCUT2D eigenvalue weighted by atomic mass is 9.82. The maximum atomic E-state index is 13.7. The Labute approximate surface area is 244 Å². The van der Waals surface area contributed by atoms with Crippen LogP contribution < -0.4 is 11.1 Å². The molecule has 0 atom stereocenters. The number of hydrogen-bond acceptors (Lipinski definition) is 9. The largest absolute Gasteiger partial charge is 0.397 e. The molecule has 3 aromatic carbocycles. The summed E-state index contributed by atoms with van der Waals surface area (Å²) in [6.45, 7) is 7.85. The molecule has 0 bridgehead atoms. The summed E-state index contributed by atoms with van der Waals surface area (Å²) in [6.07, 6.45) is -0.319. The van der Waals surface area contributed by atoms with Gasteiger partial charge in [0.05, 0.1) is 27.0 Å². The van der Waals surface area contributed by atoms with E-state index >= 15 is 0 Å². The lowest BCUT2D eigenvalue weighted by Crippen LogP contribution is -2.25. The molecule has 14 heteroatoms. The Morgan fingerprint density at radius 1 is 0.927 bits per heavy atom. The monoisotopic (exact) mass is 662 g/mol. The predicted molar refractivity (Wildman–Crippen MR) is 155 cm³/mol. The van der Waals surface area contributed by atoms with E-state index in [1.165, 1.54) is 38.1 Å². The quantitative estimate of drug-likeness (QED) is 0.125. The van der Waals surface area contributed by atoms with E-state index in [1.54, 1.807) is 6.92 Å². The minimum atomic E-state index is -5.02. The molecule has 11 nitrogen and oxygen atoms in total. The number of carbonyl (C=O) groups excluding carboxylic acids is 3. The number of fused-ring (bicyclic) bond motifs is 2. The van der Waals surface area contributed by atoms with Crippen molar-refractivity contribution in [3.8, 4) is 0 Å². The third-order valence-corrected chi connectivity index (χ3v) is 9.44. The normalized spacial score (nSPS) is 13.0. The van der Waals surface area contributed by atoms with Crippen LogP contribution in [0.15, 0.2) is 51.2 Å². The molecule has 214 valence electrons. The molecule has 0 radical (unpaired) electrons.